The molecule has 0 bridgehead atoms. The topological polar surface area (TPSA) is 68.1 Å². The minimum Gasteiger partial charge on any atom is -0.356 e. The third-order valence-electron chi connectivity index (χ3n) is 4.68. The van der Waals surface area contributed by atoms with Gasteiger partial charge in [0.25, 0.3) is 5.56 Å². The fourth-order valence-electron chi connectivity index (χ4n) is 3.01. The number of para-hydroxylation sites is 1. The summed E-state index contributed by atoms with van der Waals surface area (Å²) in [6, 6.07) is 18.5. The predicted octanol–water partition coefficient (Wildman–Crippen LogP) is 4.42. The van der Waals surface area contributed by atoms with Gasteiger partial charge in [0.2, 0.25) is 9.70 Å². The Morgan fingerprint density at radius 1 is 1.03 bits per heavy atom. The minimum atomic E-state index is -1.91. The molecule has 1 aromatic heterocycles. The lowest BCUT2D eigenvalue weighted by Crippen LogP contribution is -2.49. The highest BCUT2D eigenvalue weighted by Crippen LogP contribution is 2.31. The molecular weight excluding hydrogens is 459 g/mol. The van der Waals surface area contributed by atoms with Crippen molar-refractivity contribution < 1.29 is 4.79 Å². The minimum absolute atomic E-state index is 0.218. The van der Waals surface area contributed by atoms with Crippen molar-refractivity contribution in [3.63, 3.8) is 0 Å². The van der Waals surface area contributed by atoms with Gasteiger partial charge >= 0.3 is 0 Å². The van der Waals surface area contributed by atoms with Crippen molar-refractivity contribution in [3.8, 4) is 5.69 Å². The molecule has 0 fully saturated rings. The standard InChI is InChI=1S/C22H21Cl3N4O2/c1-15-19(20(31)29(28(15)2)17-11-7-4-8-12-17)27-21(22(23,24)25)26-18(30)14-13-16-9-5-3-6-10-16/h3-14,21,27H,1-2H3,(H,26,30)/b14-13+. The van der Waals surface area contributed by atoms with Crippen molar-refractivity contribution in [2.75, 3.05) is 5.32 Å². The van der Waals surface area contributed by atoms with Gasteiger partial charge in [0.05, 0.1) is 11.4 Å². The summed E-state index contributed by atoms with van der Waals surface area (Å²) >= 11 is 18.3. The van der Waals surface area contributed by atoms with Gasteiger partial charge in [-0.05, 0) is 30.7 Å². The predicted molar refractivity (Wildman–Crippen MR) is 127 cm³/mol. The van der Waals surface area contributed by atoms with Gasteiger partial charge in [-0.3, -0.25) is 14.3 Å². The van der Waals surface area contributed by atoms with Crippen molar-refractivity contribution in [2.24, 2.45) is 7.05 Å². The molecule has 3 rings (SSSR count). The van der Waals surface area contributed by atoms with Crippen LogP contribution in [0.15, 0.2) is 71.5 Å². The molecule has 1 amide bonds. The molecule has 0 saturated carbocycles. The van der Waals surface area contributed by atoms with Crippen LogP contribution in [0.25, 0.3) is 11.8 Å². The van der Waals surface area contributed by atoms with Gasteiger partial charge in [-0.15, -0.1) is 0 Å². The first-order valence-electron chi connectivity index (χ1n) is 9.39. The normalized spacial score (nSPS) is 12.7. The molecule has 6 nitrogen and oxygen atoms in total. The van der Waals surface area contributed by atoms with E-state index in [-0.39, 0.29) is 11.2 Å². The average Bonchev–Trinajstić information content (AvgIpc) is 2.95. The molecule has 31 heavy (non-hydrogen) atoms. The number of rotatable bonds is 6. The van der Waals surface area contributed by atoms with Crippen molar-refractivity contribution >= 4 is 52.5 Å². The highest BCUT2D eigenvalue weighted by molar-refractivity contribution is 6.68. The Balaban J connectivity index is 1.86. The molecule has 2 N–H and O–H groups in total. The maximum atomic E-state index is 13.1. The maximum Gasteiger partial charge on any atom is 0.295 e. The molecule has 2 aromatic carbocycles. The molecule has 162 valence electrons. The first kappa shape index (κ1) is 23.0. The first-order chi connectivity index (χ1) is 14.7. The van der Waals surface area contributed by atoms with E-state index in [2.05, 4.69) is 10.6 Å². The van der Waals surface area contributed by atoms with Crippen molar-refractivity contribution in [1.29, 1.82) is 0 Å². The SMILES string of the molecule is Cc1c(NC(NC(=O)/C=C/c2ccccc2)C(Cl)(Cl)Cl)c(=O)n(-c2ccccc2)n1C. The number of aromatic nitrogens is 2. The lowest BCUT2D eigenvalue weighted by Gasteiger charge is -2.26. The molecule has 1 atom stereocenters. The van der Waals surface area contributed by atoms with E-state index in [0.29, 0.717) is 11.4 Å². The number of hydrogen-bond donors (Lipinski definition) is 2. The molecule has 0 spiro atoms. The maximum absolute atomic E-state index is 13.1. The highest BCUT2D eigenvalue weighted by Gasteiger charge is 2.35. The summed E-state index contributed by atoms with van der Waals surface area (Å²) in [6.07, 6.45) is 1.82. The molecule has 0 radical (unpaired) electrons. The van der Waals surface area contributed by atoms with Gasteiger partial charge < -0.3 is 10.6 Å². The fourth-order valence-corrected chi connectivity index (χ4v) is 3.33. The van der Waals surface area contributed by atoms with Crippen LogP contribution < -0.4 is 16.2 Å². The number of nitrogens with zero attached hydrogens (tertiary/aromatic N) is 2. The fraction of sp³-hybridized carbons (Fsp3) is 0.182. The van der Waals surface area contributed by atoms with Gasteiger partial charge in [0.1, 0.15) is 11.9 Å². The van der Waals surface area contributed by atoms with Crippen LogP contribution in [-0.4, -0.2) is 25.2 Å². The second-order valence-corrected chi connectivity index (χ2v) is 9.18. The van der Waals surface area contributed by atoms with Gasteiger partial charge in [-0.25, -0.2) is 4.68 Å². The van der Waals surface area contributed by atoms with E-state index in [9.17, 15) is 9.59 Å². The molecule has 0 aliphatic rings. The molecule has 3 aromatic rings. The monoisotopic (exact) mass is 478 g/mol. The van der Waals surface area contributed by atoms with Crippen molar-refractivity contribution in [2.45, 2.75) is 16.9 Å². The van der Waals surface area contributed by atoms with Crippen LogP contribution in [0.2, 0.25) is 0 Å². The second kappa shape index (κ2) is 9.64. The number of nitrogens with one attached hydrogen (secondary N) is 2. The van der Waals surface area contributed by atoms with E-state index in [1.54, 1.807) is 24.7 Å². The van der Waals surface area contributed by atoms with Gasteiger partial charge in [0, 0.05) is 13.1 Å². The van der Waals surface area contributed by atoms with E-state index < -0.39 is 15.9 Å². The summed E-state index contributed by atoms with van der Waals surface area (Å²) < 4.78 is 1.26. The van der Waals surface area contributed by atoms with Crippen LogP contribution in [0, 0.1) is 6.92 Å². The van der Waals surface area contributed by atoms with Crippen LogP contribution in [0.1, 0.15) is 11.3 Å². The third-order valence-corrected chi connectivity index (χ3v) is 5.34. The molecule has 0 saturated heterocycles. The Kier molecular flexibility index (Phi) is 7.15. The summed E-state index contributed by atoms with van der Waals surface area (Å²) in [5.41, 5.74) is 2.03. The smallest absolute Gasteiger partial charge is 0.295 e. The van der Waals surface area contributed by atoms with E-state index >= 15 is 0 Å². The van der Waals surface area contributed by atoms with Gasteiger partial charge in [0.15, 0.2) is 0 Å². The Morgan fingerprint density at radius 2 is 1.61 bits per heavy atom. The van der Waals surface area contributed by atoms with Gasteiger partial charge in [-0.1, -0.05) is 83.3 Å². The molecular formula is C22H21Cl3N4O2. The van der Waals surface area contributed by atoms with E-state index in [1.807, 2.05) is 60.7 Å². The van der Waals surface area contributed by atoms with E-state index in [1.165, 1.54) is 10.8 Å². The van der Waals surface area contributed by atoms with Crippen LogP contribution in [-0.2, 0) is 11.8 Å². The number of hydrogen-bond acceptors (Lipinski definition) is 3. The lowest BCUT2D eigenvalue weighted by molar-refractivity contribution is -0.116. The number of anilines is 1. The van der Waals surface area contributed by atoms with Crippen LogP contribution in [0.5, 0.6) is 0 Å². The number of benzene rings is 2. The number of carbonyl (C=O) groups is 1. The zero-order valence-corrected chi connectivity index (χ0v) is 19.1. The van der Waals surface area contributed by atoms with Crippen LogP contribution in [0.4, 0.5) is 5.69 Å². The molecule has 0 aliphatic heterocycles. The number of alkyl halides is 3. The van der Waals surface area contributed by atoms with Gasteiger partial charge in [-0.2, -0.15) is 0 Å². The largest absolute Gasteiger partial charge is 0.356 e. The summed E-state index contributed by atoms with van der Waals surface area (Å²) in [6.45, 7) is 1.76. The summed E-state index contributed by atoms with van der Waals surface area (Å²) in [4.78, 5) is 25.5. The number of carbonyl (C=O) groups excluding carboxylic acids is 1. The molecule has 1 unspecified atom stereocenters. The van der Waals surface area contributed by atoms with Crippen molar-refractivity contribution in [3.05, 3.63) is 88.4 Å². The molecule has 1 heterocycles. The Bertz CT molecular complexity index is 1130. The Morgan fingerprint density at radius 3 is 2.19 bits per heavy atom. The van der Waals surface area contributed by atoms with Crippen molar-refractivity contribution in [1.82, 2.24) is 14.7 Å². The highest BCUT2D eigenvalue weighted by atomic mass is 35.6. The molecule has 9 heteroatoms. The Labute approximate surface area is 195 Å². The second-order valence-electron chi connectivity index (χ2n) is 6.81. The summed E-state index contributed by atoms with van der Waals surface area (Å²) in [5.74, 6) is -0.482. The Hall–Kier alpha value is -2.67. The zero-order valence-electron chi connectivity index (χ0n) is 16.9. The average molecular weight is 480 g/mol. The van der Waals surface area contributed by atoms with E-state index in [0.717, 1.165) is 5.56 Å². The molecule has 0 aliphatic carbocycles. The lowest BCUT2D eigenvalue weighted by atomic mass is 10.2. The number of amides is 1. The summed E-state index contributed by atoms with van der Waals surface area (Å²) in [7, 11) is 1.75. The van der Waals surface area contributed by atoms with Crippen LogP contribution in [0.3, 0.4) is 0 Å². The summed E-state index contributed by atoms with van der Waals surface area (Å²) in [5, 5.41) is 5.51. The number of halogens is 3. The quantitative estimate of drug-likeness (QED) is 0.312. The first-order valence-corrected chi connectivity index (χ1v) is 10.5. The van der Waals surface area contributed by atoms with Crippen LogP contribution >= 0.6 is 34.8 Å². The van der Waals surface area contributed by atoms with E-state index in [4.69, 9.17) is 34.8 Å². The third kappa shape index (κ3) is 5.53. The zero-order chi connectivity index (χ0) is 22.6.